The number of hydrogen-bond acceptors (Lipinski definition) is 4. The maximum Gasteiger partial charge on any atom is 0.314 e. The van der Waals surface area contributed by atoms with Crippen molar-refractivity contribution in [2.75, 3.05) is 33.1 Å². The number of carbonyl (C=O) groups excluding carboxylic acids is 1. The van der Waals surface area contributed by atoms with Crippen LogP contribution in [-0.4, -0.2) is 39.1 Å². The first kappa shape index (κ1) is 15.4. The number of benzene rings is 1. The van der Waals surface area contributed by atoms with Gasteiger partial charge in [0.1, 0.15) is 0 Å². The fourth-order valence-electron chi connectivity index (χ4n) is 2.00. The molecule has 1 heterocycles. The first-order valence-corrected chi connectivity index (χ1v) is 7.27. The standard InChI is InChI=1S/C15H22N2O4/c1-2-19-9-3-7-16-15(18)17-8-6-12-4-5-13-14(10-12)21-11-20-13/h4-5,10H,2-3,6-9,11H2,1H3,(H2,16,17,18). The summed E-state index contributed by atoms with van der Waals surface area (Å²) in [6, 6.07) is 5.68. The second-order valence-corrected chi connectivity index (χ2v) is 4.67. The Morgan fingerprint density at radius 1 is 1.24 bits per heavy atom. The van der Waals surface area contributed by atoms with Crippen molar-refractivity contribution in [3.8, 4) is 11.5 Å². The van der Waals surface area contributed by atoms with Crippen LogP contribution in [0, 0.1) is 0 Å². The van der Waals surface area contributed by atoms with Crippen LogP contribution < -0.4 is 20.1 Å². The van der Waals surface area contributed by atoms with Crippen LogP contribution in [0.25, 0.3) is 0 Å². The van der Waals surface area contributed by atoms with Crippen LogP contribution >= 0.6 is 0 Å². The number of fused-ring (bicyclic) bond motifs is 1. The summed E-state index contributed by atoms with van der Waals surface area (Å²) in [6.07, 6.45) is 1.58. The van der Waals surface area contributed by atoms with Crippen molar-refractivity contribution in [1.29, 1.82) is 0 Å². The Morgan fingerprint density at radius 3 is 2.90 bits per heavy atom. The molecule has 0 atom stereocenters. The predicted molar refractivity (Wildman–Crippen MR) is 78.8 cm³/mol. The van der Waals surface area contributed by atoms with E-state index in [4.69, 9.17) is 14.2 Å². The Morgan fingerprint density at radius 2 is 2.05 bits per heavy atom. The van der Waals surface area contributed by atoms with Crippen LogP contribution in [0.2, 0.25) is 0 Å². The lowest BCUT2D eigenvalue weighted by Crippen LogP contribution is -2.37. The van der Waals surface area contributed by atoms with Crippen molar-refractivity contribution in [3.05, 3.63) is 23.8 Å². The largest absolute Gasteiger partial charge is 0.454 e. The SMILES string of the molecule is CCOCCCNC(=O)NCCc1ccc2c(c1)OCO2. The molecular formula is C15H22N2O4. The van der Waals surface area contributed by atoms with Crippen LogP contribution in [0.15, 0.2) is 18.2 Å². The van der Waals surface area contributed by atoms with Gasteiger partial charge in [-0.3, -0.25) is 0 Å². The van der Waals surface area contributed by atoms with Crippen molar-refractivity contribution in [1.82, 2.24) is 10.6 Å². The minimum Gasteiger partial charge on any atom is -0.454 e. The zero-order valence-electron chi connectivity index (χ0n) is 12.3. The monoisotopic (exact) mass is 294 g/mol. The highest BCUT2D eigenvalue weighted by Gasteiger charge is 2.12. The summed E-state index contributed by atoms with van der Waals surface area (Å²) in [5.74, 6) is 1.55. The summed E-state index contributed by atoms with van der Waals surface area (Å²) in [4.78, 5) is 11.5. The van der Waals surface area contributed by atoms with Gasteiger partial charge in [0, 0.05) is 26.3 Å². The number of carbonyl (C=O) groups is 1. The van der Waals surface area contributed by atoms with Crippen LogP contribution in [0.1, 0.15) is 18.9 Å². The average molecular weight is 294 g/mol. The Kier molecular flexibility index (Phi) is 6.15. The highest BCUT2D eigenvalue weighted by Crippen LogP contribution is 2.32. The molecule has 0 aromatic heterocycles. The minimum atomic E-state index is -0.146. The number of hydrogen-bond donors (Lipinski definition) is 2. The molecule has 0 radical (unpaired) electrons. The fraction of sp³-hybridized carbons (Fsp3) is 0.533. The fourth-order valence-corrected chi connectivity index (χ4v) is 2.00. The van der Waals surface area contributed by atoms with E-state index in [1.54, 1.807) is 0 Å². The second-order valence-electron chi connectivity index (χ2n) is 4.67. The van der Waals surface area contributed by atoms with Crippen LogP contribution in [0.5, 0.6) is 11.5 Å². The molecule has 0 fully saturated rings. The number of urea groups is 1. The van der Waals surface area contributed by atoms with E-state index in [0.717, 1.165) is 29.9 Å². The molecule has 0 spiro atoms. The molecule has 2 N–H and O–H groups in total. The van der Waals surface area contributed by atoms with E-state index in [1.807, 2.05) is 25.1 Å². The molecular weight excluding hydrogens is 272 g/mol. The van der Waals surface area contributed by atoms with E-state index >= 15 is 0 Å². The Labute approximate surface area is 124 Å². The van der Waals surface area contributed by atoms with Gasteiger partial charge in [-0.15, -0.1) is 0 Å². The molecule has 2 rings (SSSR count). The topological polar surface area (TPSA) is 68.8 Å². The van der Waals surface area contributed by atoms with Gasteiger partial charge in [-0.1, -0.05) is 6.07 Å². The predicted octanol–water partition coefficient (Wildman–Crippen LogP) is 1.68. The third kappa shape index (κ3) is 5.15. The van der Waals surface area contributed by atoms with Crippen LogP contribution in [0.3, 0.4) is 0 Å². The first-order valence-electron chi connectivity index (χ1n) is 7.27. The lowest BCUT2D eigenvalue weighted by atomic mass is 10.1. The molecule has 6 nitrogen and oxygen atoms in total. The molecule has 0 aliphatic carbocycles. The van der Waals surface area contributed by atoms with E-state index < -0.39 is 0 Å². The van der Waals surface area contributed by atoms with E-state index in [1.165, 1.54) is 0 Å². The van der Waals surface area contributed by atoms with Crippen molar-refractivity contribution < 1.29 is 19.0 Å². The summed E-state index contributed by atoms with van der Waals surface area (Å²) in [7, 11) is 0. The van der Waals surface area contributed by atoms with E-state index in [-0.39, 0.29) is 12.8 Å². The number of rotatable bonds is 8. The molecule has 0 saturated carbocycles. The van der Waals surface area contributed by atoms with Gasteiger partial charge in [0.05, 0.1) is 0 Å². The van der Waals surface area contributed by atoms with Gasteiger partial charge in [0.15, 0.2) is 11.5 Å². The van der Waals surface area contributed by atoms with Crippen LogP contribution in [-0.2, 0) is 11.2 Å². The highest BCUT2D eigenvalue weighted by molar-refractivity contribution is 5.73. The minimum absolute atomic E-state index is 0.146. The zero-order valence-corrected chi connectivity index (χ0v) is 12.3. The quantitative estimate of drug-likeness (QED) is 0.716. The normalized spacial score (nSPS) is 12.2. The molecule has 116 valence electrons. The molecule has 2 amide bonds. The molecule has 21 heavy (non-hydrogen) atoms. The number of nitrogens with one attached hydrogen (secondary N) is 2. The van der Waals surface area contributed by atoms with Gasteiger partial charge in [0.2, 0.25) is 6.79 Å². The van der Waals surface area contributed by atoms with Crippen molar-refractivity contribution in [2.24, 2.45) is 0 Å². The second kappa shape index (κ2) is 8.36. The van der Waals surface area contributed by atoms with Gasteiger partial charge >= 0.3 is 6.03 Å². The summed E-state index contributed by atoms with van der Waals surface area (Å²) < 4.78 is 15.8. The van der Waals surface area contributed by atoms with Gasteiger partial charge in [-0.25, -0.2) is 4.79 Å². The van der Waals surface area contributed by atoms with Crippen LogP contribution in [0.4, 0.5) is 4.79 Å². The lowest BCUT2D eigenvalue weighted by molar-refractivity contribution is 0.145. The molecule has 1 aromatic carbocycles. The molecule has 0 unspecified atom stereocenters. The lowest BCUT2D eigenvalue weighted by Gasteiger charge is -2.08. The summed E-state index contributed by atoms with van der Waals surface area (Å²) in [5.41, 5.74) is 1.11. The van der Waals surface area contributed by atoms with Gasteiger partial charge in [-0.2, -0.15) is 0 Å². The van der Waals surface area contributed by atoms with E-state index in [2.05, 4.69) is 10.6 Å². The van der Waals surface area contributed by atoms with Crippen molar-refractivity contribution in [2.45, 2.75) is 19.8 Å². The smallest absolute Gasteiger partial charge is 0.314 e. The molecule has 1 aliphatic rings. The molecule has 0 saturated heterocycles. The molecule has 1 aromatic rings. The maximum absolute atomic E-state index is 11.5. The summed E-state index contributed by atoms with van der Waals surface area (Å²) in [6.45, 7) is 4.82. The van der Waals surface area contributed by atoms with E-state index in [0.29, 0.717) is 26.3 Å². The van der Waals surface area contributed by atoms with Crippen molar-refractivity contribution in [3.63, 3.8) is 0 Å². The Balaban J connectivity index is 1.59. The summed E-state index contributed by atoms with van der Waals surface area (Å²) in [5, 5.41) is 5.62. The molecule has 0 bridgehead atoms. The van der Waals surface area contributed by atoms with Gasteiger partial charge in [-0.05, 0) is 37.5 Å². The van der Waals surface area contributed by atoms with E-state index in [9.17, 15) is 4.79 Å². The maximum atomic E-state index is 11.5. The van der Waals surface area contributed by atoms with Crippen molar-refractivity contribution >= 4 is 6.03 Å². The zero-order chi connectivity index (χ0) is 14.9. The van der Waals surface area contributed by atoms with Gasteiger partial charge < -0.3 is 24.8 Å². The number of ether oxygens (including phenoxy) is 3. The Bertz CT molecular complexity index is 465. The summed E-state index contributed by atoms with van der Waals surface area (Å²) >= 11 is 0. The average Bonchev–Trinajstić information content (AvgIpc) is 2.94. The first-order chi connectivity index (χ1) is 10.3. The number of amides is 2. The third-order valence-corrected chi connectivity index (χ3v) is 3.09. The molecule has 6 heteroatoms. The molecule has 1 aliphatic heterocycles. The third-order valence-electron chi connectivity index (χ3n) is 3.09. The Hall–Kier alpha value is -1.95. The highest BCUT2D eigenvalue weighted by atomic mass is 16.7. The van der Waals surface area contributed by atoms with Gasteiger partial charge in [0.25, 0.3) is 0 Å².